The van der Waals surface area contributed by atoms with Gasteiger partial charge in [-0.25, -0.2) is 9.37 Å². The molecule has 0 aliphatic carbocycles. The van der Waals surface area contributed by atoms with Crippen molar-refractivity contribution in [1.29, 1.82) is 0 Å². The van der Waals surface area contributed by atoms with Gasteiger partial charge in [0.15, 0.2) is 11.9 Å². The van der Waals surface area contributed by atoms with Crippen LogP contribution in [0.3, 0.4) is 0 Å². The number of carbonyl (C=O) groups excluding carboxylic acids is 2. The second kappa shape index (κ2) is 9.28. The van der Waals surface area contributed by atoms with Crippen LogP contribution in [0.25, 0.3) is 0 Å². The number of anilines is 1. The van der Waals surface area contributed by atoms with Crippen molar-refractivity contribution in [2.75, 3.05) is 5.32 Å². The number of carbonyl (C=O) groups is 2. The lowest BCUT2D eigenvalue weighted by molar-refractivity contribution is -0.152. The minimum Gasteiger partial charge on any atom is -0.486 e. The van der Waals surface area contributed by atoms with Gasteiger partial charge in [0.2, 0.25) is 0 Å². The lowest BCUT2D eigenvalue weighted by Crippen LogP contribution is -2.30. The molecule has 8 nitrogen and oxygen atoms in total. The summed E-state index contributed by atoms with van der Waals surface area (Å²) in [7, 11) is 0. The molecule has 29 heavy (non-hydrogen) atoms. The summed E-state index contributed by atoms with van der Waals surface area (Å²) in [6.07, 6.45) is -1.08. The fourth-order valence-corrected chi connectivity index (χ4v) is 2.97. The molecule has 0 spiro atoms. The van der Waals surface area contributed by atoms with Crippen molar-refractivity contribution in [3.05, 3.63) is 58.0 Å². The van der Waals surface area contributed by atoms with Gasteiger partial charge in [0.05, 0.1) is 12.1 Å². The lowest BCUT2D eigenvalue weighted by atomic mass is 10.3. The van der Waals surface area contributed by atoms with Crippen LogP contribution in [-0.2, 0) is 27.4 Å². The predicted octanol–water partition coefficient (Wildman–Crippen LogP) is 3.27. The standard InChI is InChI=1S/C19H18FN3O5S/c1-11-7-16(23-28-11)22-19(25)12(2)27-18(24)8-14-10-29-17(21-14)9-26-15-5-3-13(20)4-6-15/h3-7,10,12H,8-9H2,1-2H3,(H,22,23,25)/t12-/m1/s1. The van der Waals surface area contributed by atoms with E-state index in [-0.39, 0.29) is 24.7 Å². The van der Waals surface area contributed by atoms with Crippen molar-refractivity contribution in [1.82, 2.24) is 10.1 Å². The zero-order valence-electron chi connectivity index (χ0n) is 15.7. The highest BCUT2D eigenvalue weighted by molar-refractivity contribution is 7.09. The average molecular weight is 419 g/mol. The van der Waals surface area contributed by atoms with Crippen molar-refractivity contribution < 1.29 is 28.0 Å². The number of nitrogens with zero attached hydrogens (tertiary/aromatic N) is 2. The molecule has 2 heterocycles. The highest BCUT2D eigenvalue weighted by atomic mass is 32.1. The van der Waals surface area contributed by atoms with E-state index in [2.05, 4.69) is 15.5 Å². The van der Waals surface area contributed by atoms with Crippen LogP contribution in [-0.4, -0.2) is 28.1 Å². The number of halogens is 1. The predicted molar refractivity (Wildman–Crippen MR) is 102 cm³/mol. The first-order valence-electron chi connectivity index (χ1n) is 8.64. The van der Waals surface area contributed by atoms with Crippen molar-refractivity contribution in [3.8, 4) is 5.75 Å². The van der Waals surface area contributed by atoms with E-state index in [1.807, 2.05) is 0 Å². The summed E-state index contributed by atoms with van der Waals surface area (Å²) < 4.78 is 28.4. The normalized spacial score (nSPS) is 11.7. The van der Waals surface area contributed by atoms with E-state index in [0.717, 1.165) is 0 Å². The number of thiazole rings is 1. The maximum absolute atomic E-state index is 12.9. The number of aryl methyl sites for hydroxylation is 1. The van der Waals surface area contributed by atoms with E-state index in [1.165, 1.54) is 42.5 Å². The molecule has 2 aromatic heterocycles. The number of rotatable bonds is 8. The number of hydrogen-bond donors (Lipinski definition) is 1. The first-order chi connectivity index (χ1) is 13.9. The Labute approximate surface area is 169 Å². The smallest absolute Gasteiger partial charge is 0.312 e. The summed E-state index contributed by atoms with van der Waals surface area (Å²) in [4.78, 5) is 28.4. The number of hydrogen-bond acceptors (Lipinski definition) is 8. The second-order valence-electron chi connectivity index (χ2n) is 6.10. The van der Waals surface area contributed by atoms with Gasteiger partial charge in [-0.3, -0.25) is 9.59 Å². The molecule has 0 aliphatic heterocycles. The van der Waals surface area contributed by atoms with Gasteiger partial charge in [-0.15, -0.1) is 11.3 Å². The molecular weight excluding hydrogens is 401 g/mol. The molecule has 1 atom stereocenters. The summed E-state index contributed by atoms with van der Waals surface area (Å²) >= 11 is 1.33. The monoisotopic (exact) mass is 419 g/mol. The summed E-state index contributed by atoms with van der Waals surface area (Å²) in [5.41, 5.74) is 0.512. The van der Waals surface area contributed by atoms with Gasteiger partial charge in [0, 0.05) is 11.4 Å². The molecule has 1 amide bonds. The maximum atomic E-state index is 12.9. The van der Waals surface area contributed by atoms with Crippen LogP contribution in [0.5, 0.6) is 5.75 Å². The van der Waals surface area contributed by atoms with Crippen molar-refractivity contribution in [3.63, 3.8) is 0 Å². The number of esters is 1. The Morgan fingerprint density at radius 3 is 2.76 bits per heavy atom. The third-order valence-electron chi connectivity index (χ3n) is 3.66. The maximum Gasteiger partial charge on any atom is 0.312 e. The molecule has 3 rings (SSSR count). The highest BCUT2D eigenvalue weighted by Gasteiger charge is 2.20. The van der Waals surface area contributed by atoms with E-state index in [9.17, 15) is 14.0 Å². The van der Waals surface area contributed by atoms with Crippen LogP contribution in [0.4, 0.5) is 10.2 Å². The molecule has 10 heteroatoms. The molecule has 0 fully saturated rings. The zero-order valence-corrected chi connectivity index (χ0v) is 16.5. The van der Waals surface area contributed by atoms with Crippen LogP contribution < -0.4 is 10.1 Å². The SMILES string of the molecule is Cc1cc(NC(=O)[C@@H](C)OC(=O)Cc2csc(COc3ccc(F)cc3)n2)no1. The first-order valence-corrected chi connectivity index (χ1v) is 9.52. The lowest BCUT2D eigenvalue weighted by Gasteiger charge is -2.11. The number of ether oxygens (including phenoxy) is 2. The zero-order chi connectivity index (χ0) is 20.8. The Bertz CT molecular complexity index is 986. The average Bonchev–Trinajstić information content (AvgIpc) is 3.29. The fourth-order valence-electron chi connectivity index (χ4n) is 2.27. The molecule has 1 N–H and O–H groups in total. The molecule has 152 valence electrons. The van der Waals surface area contributed by atoms with Gasteiger partial charge < -0.3 is 19.3 Å². The fraction of sp³-hybridized carbons (Fsp3) is 0.263. The van der Waals surface area contributed by atoms with E-state index < -0.39 is 18.0 Å². The van der Waals surface area contributed by atoms with E-state index >= 15 is 0 Å². The minimum absolute atomic E-state index is 0.0757. The van der Waals surface area contributed by atoms with Crippen LogP contribution in [0, 0.1) is 12.7 Å². The van der Waals surface area contributed by atoms with Gasteiger partial charge in [-0.05, 0) is 38.1 Å². The third-order valence-corrected chi connectivity index (χ3v) is 4.53. The summed E-state index contributed by atoms with van der Waals surface area (Å²) in [6, 6.07) is 7.21. The third kappa shape index (κ3) is 6.11. The molecular formula is C19H18FN3O5S. The molecule has 0 radical (unpaired) electrons. The summed E-state index contributed by atoms with van der Waals surface area (Å²) in [6.45, 7) is 3.35. The minimum atomic E-state index is -1.00. The van der Waals surface area contributed by atoms with Crippen molar-refractivity contribution >= 4 is 29.0 Å². The number of amides is 1. The van der Waals surface area contributed by atoms with Crippen LogP contribution in [0.2, 0.25) is 0 Å². The first kappa shape index (κ1) is 20.5. The Kier molecular flexibility index (Phi) is 6.55. The Morgan fingerprint density at radius 1 is 1.31 bits per heavy atom. The summed E-state index contributed by atoms with van der Waals surface area (Å²) in [5, 5.41) is 8.51. The molecule has 0 saturated carbocycles. The molecule has 3 aromatic rings. The van der Waals surface area contributed by atoms with Gasteiger partial charge in [0.1, 0.15) is 28.9 Å². The van der Waals surface area contributed by atoms with Gasteiger partial charge in [0.25, 0.3) is 5.91 Å². The van der Waals surface area contributed by atoms with Gasteiger partial charge in [-0.2, -0.15) is 0 Å². The number of aromatic nitrogens is 2. The van der Waals surface area contributed by atoms with E-state index in [0.29, 0.717) is 22.2 Å². The Hall–Kier alpha value is -3.27. The van der Waals surface area contributed by atoms with Crippen molar-refractivity contribution in [2.24, 2.45) is 0 Å². The molecule has 0 unspecified atom stereocenters. The molecule has 0 aliphatic rings. The van der Waals surface area contributed by atoms with Crippen LogP contribution >= 0.6 is 11.3 Å². The van der Waals surface area contributed by atoms with Gasteiger partial charge in [-0.1, -0.05) is 5.16 Å². The largest absolute Gasteiger partial charge is 0.486 e. The summed E-state index contributed by atoms with van der Waals surface area (Å²) in [5.74, 6) is -0.122. The second-order valence-corrected chi connectivity index (χ2v) is 7.04. The van der Waals surface area contributed by atoms with Crippen LogP contribution in [0.15, 0.2) is 40.2 Å². The van der Waals surface area contributed by atoms with Crippen LogP contribution in [0.1, 0.15) is 23.4 Å². The number of benzene rings is 1. The Morgan fingerprint density at radius 2 is 2.07 bits per heavy atom. The molecule has 1 aromatic carbocycles. The van der Waals surface area contributed by atoms with E-state index in [1.54, 1.807) is 18.4 Å². The number of nitrogens with one attached hydrogen (secondary N) is 1. The van der Waals surface area contributed by atoms with Gasteiger partial charge >= 0.3 is 5.97 Å². The Balaban J connectivity index is 1.45. The topological polar surface area (TPSA) is 104 Å². The van der Waals surface area contributed by atoms with Crippen molar-refractivity contribution in [2.45, 2.75) is 33.0 Å². The quantitative estimate of drug-likeness (QED) is 0.559. The van der Waals surface area contributed by atoms with E-state index in [4.69, 9.17) is 14.0 Å². The molecule has 0 saturated heterocycles. The molecule has 0 bridgehead atoms. The highest BCUT2D eigenvalue weighted by Crippen LogP contribution is 2.16.